The Labute approximate surface area is 408 Å². The van der Waals surface area contributed by atoms with Crippen LogP contribution in [-0.2, 0) is 0 Å². The van der Waals surface area contributed by atoms with Crippen LogP contribution in [0.3, 0.4) is 0 Å². The van der Waals surface area contributed by atoms with Crippen molar-refractivity contribution in [2.75, 3.05) is 9.80 Å². The van der Waals surface area contributed by atoms with Gasteiger partial charge in [-0.1, -0.05) is 202 Å². The van der Waals surface area contributed by atoms with Gasteiger partial charge in [0, 0.05) is 56.8 Å². The quantitative estimate of drug-likeness (QED) is 0.0950. The summed E-state index contributed by atoms with van der Waals surface area (Å²) in [5.74, 6) is 0.183. The van der Waals surface area contributed by atoms with E-state index in [4.69, 9.17) is 0 Å². The van der Waals surface area contributed by atoms with Crippen molar-refractivity contribution in [3.63, 3.8) is 0 Å². The maximum absolute atomic E-state index is 4.39. The van der Waals surface area contributed by atoms with Gasteiger partial charge >= 0.3 is 0 Å². The summed E-state index contributed by atoms with van der Waals surface area (Å²) in [7, 11) is 0. The van der Waals surface area contributed by atoms with Crippen molar-refractivity contribution in [2.24, 2.45) is 0 Å². The van der Waals surface area contributed by atoms with Crippen LogP contribution in [0.25, 0.3) is 53.3 Å². The molecule has 0 radical (unpaired) electrons. The van der Waals surface area contributed by atoms with Crippen LogP contribution in [0.2, 0.25) is 0 Å². The minimum atomic E-state index is 0.143. The Kier molecular flexibility index (Phi) is 13.8. The van der Waals surface area contributed by atoms with E-state index in [9.17, 15) is 0 Å². The summed E-state index contributed by atoms with van der Waals surface area (Å²) in [5.41, 5.74) is 17.3. The van der Waals surface area contributed by atoms with Gasteiger partial charge in [-0.15, -0.1) is 0 Å². The predicted octanol–water partition coefficient (Wildman–Crippen LogP) is 16.1. The van der Waals surface area contributed by atoms with Crippen molar-refractivity contribution in [3.8, 4) is 22.3 Å². The van der Waals surface area contributed by atoms with Crippen molar-refractivity contribution < 1.29 is 0 Å². The fraction of sp³-hybridized carbons (Fsp3) is 0.0606. The van der Waals surface area contributed by atoms with E-state index in [0.29, 0.717) is 0 Å². The zero-order chi connectivity index (χ0) is 47.7. The molecule has 0 saturated carbocycles. The molecule has 0 bridgehead atoms. The highest BCUT2D eigenvalue weighted by Crippen LogP contribution is 2.49. The Bertz CT molecular complexity index is 3330. The van der Waals surface area contributed by atoms with Crippen molar-refractivity contribution in [2.45, 2.75) is 25.8 Å². The number of fused-ring (bicyclic) bond motifs is 3. The first-order valence-corrected chi connectivity index (χ1v) is 23.6. The maximum atomic E-state index is 4.39. The molecule has 6 aromatic carbocycles. The standard InChI is InChI=1S/C66H57N3/c1-7-11-12-14-22-50-28-37-57(38-29-50)68(58-39-30-53(31-40-58)52-23-15-13-16-24-52)59-41-32-54(33-42-59)55-34-43-60(44-35-55)69-65-27-18-17-26-62(65)63-47-56(36-45-66(63)69)51(10-4)25-19-46-67-49(6)61(20-8-2)48(5)64(67)21-9-3/h7-47,63,66H,1-2,4,6H2,3,5H3. The van der Waals surface area contributed by atoms with E-state index in [1.54, 1.807) is 6.08 Å². The van der Waals surface area contributed by atoms with Gasteiger partial charge in [-0.25, -0.2) is 0 Å². The van der Waals surface area contributed by atoms with Crippen LogP contribution in [-0.4, -0.2) is 10.6 Å². The van der Waals surface area contributed by atoms with Gasteiger partial charge in [-0.3, -0.25) is 0 Å². The number of allylic oxidation sites excluding steroid dienone is 12. The lowest BCUT2D eigenvalue weighted by molar-refractivity contribution is 0.740. The minimum Gasteiger partial charge on any atom is -0.333 e. The molecule has 7 aromatic rings. The number of hydrogen-bond donors (Lipinski definition) is 0. The molecule has 2 aliphatic rings. The van der Waals surface area contributed by atoms with E-state index in [1.165, 1.54) is 33.5 Å². The van der Waals surface area contributed by atoms with Gasteiger partial charge < -0.3 is 14.4 Å². The SMILES string of the molecule is C=CC=CC=Cc1ccc(N(c2ccc(-c3ccccc3)cc2)c2ccc(-c3ccc(N4c5ccccc5C5C=C(C(C=C)=CC=Cn6c(C=CC)c(C)c(=CC=C)c6=C)C=CC54)cc3)cc2)cc1. The van der Waals surface area contributed by atoms with Crippen LogP contribution in [0.5, 0.6) is 0 Å². The summed E-state index contributed by atoms with van der Waals surface area (Å²) >= 11 is 0. The molecule has 0 saturated heterocycles. The van der Waals surface area contributed by atoms with Gasteiger partial charge in [0.15, 0.2) is 0 Å². The molecule has 0 fully saturated rings. The molecule has 2 atom stereocenters. The molecular weight excluding hydrogens is 835 g/mol. The smallest absolute Gasteiger partial charge is 0.0630 e. The van der Waals surface area contributed by atoms with Crippen LogP contribution in [0.4, 0.5) is 28.4 Å². The number of aromatic nitrogens is 1. The van der Waals surface area contributed by atoms with E-state index < -0.39 is 0 Å². The Balaban J connectivity index is 0.963. The largest absolute Gasteiger partial charge is 0.333 e. The van der Waals surface area contributed by atoms with E-state index >= 15 is 0 Å². The number of hydrogen-bond acceptors (Lipinski definition) is 2. The minimum absolute atomic E-state index is 0.143. The second kappa shape index (κ2) is 20.9. The molecule has 1 aromatic heterocycles. The molecule has 2 unspecified atom stereocenters. The number of anilines is 5. The molecular formula is C66H57N3. The van der Waals surface area contributed by atoms with Crippen LogP contribution in [0, 0.1) is 6.92 Å². The summed E-state index contributed by atoms with van der Waals surface area (Å²) in [6, 6.07) is 54.9. The fourth-order valence-corrected chi connectivity index (χ4v) is 9.58. The molecule has 69 heavy (non-hydrogen) atoms. The van der Waals surface area contributed by atoms with Crippen molar-refractivity contribution in [1.29, 1.82) is 0 Å². The Morgan fingerprint density at radius 1 is 0.623 bits per heavy atom. The molecule has 9 rings (SSSR count). The number of para-hydroxylation sites is 1. The van der Waals surface area contributed by atoms with Crippen molar-refractivity contribution in [3.05, 3.63) is 288 Å². The second-order valence-electron chi connectivity index (χ2n) is 17.2. The van der Waals surface area contributed by atoms with Gasteiger partial charge in [0.25, 0.3) is 0 Å². The van der Waals surface area contributed by atoms with Crippen molar-refractivity contribution >= 4 is 59.4 Å². The zero-order valence-corrected chi connectivity index (χ0v) is 39.5. The third-order valence-corrected chi connectivity index (χ3v) is 13.0. The van der Waals surface area contributed by atoms with Gasteiger partial charge in [0.05, 0.1) is 6.04 Å². The molecule has 3 heteroatoms. The first kappa shape index (κ1) is 45.5. The molecule has 3 nitrogen and oxygen atoms in total. The molecule has 0 N–H and O–H groups in total. The van der Waals surface area contributed by atoms with E-state index in [1.807, 2.05) is 43.4 Å². The highest BCUT2D eigenvalue weighted by Gasteiger charge is 2.38. The molecule has 0 amide bonds. The third kappa shape index (κ3) is 9.50. The summed E-state index contributed by atoms with van der Waals surface area (Å²) in [6.45, 7) is 20.5. The first-order chi connectivity index (χ1) is 33.9. The van der Waals surface area contributed by atoms with Crippen LogP contribution in [0.15, 0.2) is 255 Å². The zero-order valence-electron chi connectivity index (χ0n) is 39.5. The van der Waals surface area contributed by atoms with E-state index in [0.717, 1.165) is 61.3 Å². The summed E-state index contributed by atoms with van der Waals surface area (Å²) in [4.78, 5) is 4.80. The summed E-state index contributed by atoms with van der Waals surface area (Å²) in [6.07, 6.45) is 33.1. The van der Waals surface area contributed by atoms with E-state index in [-0.39, 0.29) is 12.0 Å². The molecule has 0 spiro atoms. The van der Waals surface area contributed by atoms with Gasteiger partial charge in [0.1, 0.15) is 0 Å². The van der Waals surface area contributed by atoms with Gasteiger partial charge in [-0.05, 0) is 131 Å². The highest BCUT2D eigenvalue weighted by molar-refractivity contribution is 5.82. The number of benzene rings is 6. The topological polar surface area (TPSA) is 11.4 Å². The Morgan fingerprint density at radius 3 is 1.86 bits per heavy atom. The van der Waals surface area contributed by atoms with Crippen molar-refractivity contribution in [1.82, 2.24) is 4.57 Å². The Morgan fingerprint density at radius 2 is 1.23 bits per heavy atom. The average molecular weight is 892 g/mol. The maximum Gasteiger partial charge on any atom is 0.0630 e. The van der Waals surface area contributed by atoms with Crippen LogP contribution >= 0.6 is 0 Å². The molecule has 2 heterocycles. The monoisotopic (exact) mass is 891 g/mol. The third-order valence-electron chi connectivity index (χ3n) is 13.0. The lowest BCUT2D eigenvalue weighted by Gasteiger charge is -2.30. The number of rotatable bonds is 15. The normalized spacial score (nSPS) is 15.9. The summed E-state index contributed by atoms with van der Waals surface area (Å²) in [5, 5.41) is 2.03. The molecule has 1 aliphatic carbocycles. The first-order valence-electron chi connectivity index (χ1n) is 23.6. The van der Waals surface area contributed by atoms with Crippen LogP contribution < -0.4 is 20.4 Å². The molecule has 1 aliphatic heterocycles. The summed E-state index contributed by atoms with van der Waals surface area (Å²) < 4.78 is 2.14. The predicted molar refractivity (Wildman–Crippen MR) is 300 cm³/mol. The molecule has 336 valence electrons. The van der Waals surface area contributed by atoms with E-state index in [2.05, 4.69) is 254 Å². The van der Waals surface area contributed by atoms with Gasteiger partial charge in [-0.2, -0.15) is 0 Å². The van der Waals surface area contributed by atoms with Crippen LogP contribution in [0.1, 0.15) is 35.2 Å². The Hall–Kier alpha value is -8.66. The second-order valence-corrected chi connectivity index (χ2v) is 17.2. The number of nitrogens with zero attached hydrogens (tertiary/aromatic N) is 3. The highest BCUT2D eigenvalue weighted by atomic mass is 15.2. The average Bonchev–Trinajstić information content (AvgIpc) is 3.84. The lowest BCUT2D eigenvalue weighted by atomic mass is 9.86. The van der Waals surface area contributed by atoms with Gasteiger partial charge in [0.2, 0.25) is 0 Å². The lowest BCUT2D eigenvalue weighted by Crippen LogP contribution is -2.29. The fourth-order valence-electron chi connectivity index (χ4n) is 9.58.